The fourth-order valence-electron chi connectivity index (χ4n) is 3.59. The number of hydrogen-bond donors (Lipinski definition) is 1. The summed E-state index contributed by atoms with van der Waals surface area (Å²) in [6.45, 7) is 6.07. The molecule has 4 rings (SSSR count). The lowest BCUT2D eigenvalue weighted by Crippen LogP contribution is -2.37. The maximum atomic E-state index is 4.53. The highest BCUT2D eigenvalue weighted by Crippen LogP contribution is 2.17. The van der Waals surface area contributed by atoms with Crippen LogP contribution in [-0.4, -0.2) is 43.9 Å². The first-order chi connectivity index (χ1) is 11.8. The maximum absolute atomic E-state index is 4.53. The molecule has 4 heterocycles. The average molecular weight is 327 g/mol. The summed E-state index contributed by atoms with van der Waals surface area (Å²) in [5.41, 5.74) is 1.14. The second-order valence-corrected chi connectivity index (χ2v) is 6.70. The van der Waals surface area contributed by atoms with Crippen molar-refractivity contribution >= 4 is 5.95 Å². The van der Waals surface area contributed by atoms with E-state index in [9.17, 15) is 0 Å². The third kappa shape index (κ3) is 3.13. The highest BCUT2D eigenvalue weighted by molar-refractivity contribution is 5.30. The largest absolute Gasteiger partial charge is 0.341 e. The number of hydrogen-bond acceptors (Lipinski definition) is 6. The van der Waals surface area contributed by atoms with Crippen LogP contribution < -0.4 is 10.2 Å². The number of aromatic nitrogens is 5. The molecule has 2 aromatic rings. The molecule has 2 aliphatic heterocycles. The predicted molar refractivity (Wildman–Crippen MR) is 91.8 cm³/mol. The zero-order valence-electron chi connectivity index (χ0n) is 14.3. The van der Waals surface area contributed by atoms with Gasteiger partial charge in [-0.2, -0.15) is 0 Å². The van der Waals surface area contributed by atoms with Crippen molar-refractivity contribution in [2.24, 2.45) is 0 Å². The number of nitrogens with one attached hydrogen (secondary N) is 1. The molecule has 0 saturated carbocycles. The molecule has 2 aromatic heterocycles. The molecule has 128 valence electrons. The van der Waals surface area contributed by atoms with Gasteiger partial charge in [0.15, 0.2) is 0 Å². The van der Waals surface area contributed by atoms with E-state index in [-0.39, 0.29) is 0 Å². The van der Waals surface area contributed by atoms with Gasteiger partial charge in [0, 0.05) is 63.0 Å². The van der Waals surface area contributed by atoms with Crippen LogP contribution in [0.4, 0.5) is 5.95 Å². The van der Waals surface area contributed by atoms with Crippen molar-refractivity contribution < 1.29 is 0 Å². The maximum Gasteiger partial charge on any atom is 0.225 e. The Kier molecular flexibility index (Phi) is 4.42. The van der Waals surface area contributed by atoms with Crippen LogP contribution in [0, 0.1) is 0 Å². The normalized spacial score (nSPS) is 20.4. The van der Waals surface area contributed by atoms with E-state index in [1.54, 1.807) is 0 Å². The van der Waals surface area contributed by atoms with Crippen LogP contribution in [0.2, 0.25) is 0 Å². The lowest BCUT2D eigenvalue weighted by Gasteiger charge is -2.25. The summed E-state index contributed by atoms with van der Waals surface area (Å²) in [6.07, 6.45) is 9.45. The quantitative estimate of drug-likeness (QED) is 0.893. The minimum Gasteiger partial charge on any atom is -0.341 e. The van der Waals surface area contributed by atoms with Crippen LogP contribution >= 0.6 is 0 Å². The van der Waals surface area contributed by atoms with Crippen LogP contribution in [0.15, 0.2) is 12.4 Å². The van der Waals surface area contributed by atoms with Crippen LogP contribution in [0.5, 0.6) is 0 Å². The Morgan fingerprint density at radius 1 is 1.17 bits per heavy atom. The van der Waals surface area contributed by atoms with Crippen LogP contribution in [0.25, 0.3) is 0 Å². The minimum atomic E-state index is 0.456. The number of fused-ring (bicyclic) bond motifs is 1. The Morgan fingerprint density at radius 3 is 2.71 bits per heavy atom. The van der Waals surface area contributed by atoms with E-state index in [1.165, 1.54) is 12.8 Å². The molecule has 1 atom stereocenters. The third-order valence-corrected chi connectivity index (χ3v) is 5.02. The van der Waals surface area contributed by atoms with Gasteiger partial charge in [0.1, 0.15) is 11.6 Å². The third-order valence-electron chi connectivity index (χ3n) is 5.02. The zero-order chi connectivity index (χ0) is 16.4. The van der Waals surface area contributed by atoms with Gasteiger partial charge in [-0.1, -0.05) is 6.92 Å². The number of nitrogens with zero attached hydrogens (tertiary/aromatic N) is 6. The Bertz CT molecular complexity index is 659. The Labute approximate surface area is 142 Å². The van der Waals surface area contributed by atoms with Gasteiger partial charge in [0.05, 0.1) is 0 Å². The molecule has 0 bridgehead atoms. The molecule has 1 N–H and O–H groups in total. The van der Waals surface area contributed by atoms with E-state index in [0.29, 0.717) is 6.04 Å². The minimum absolute atomic E-state index is 0.456. The summed E-state index contributed by atoms with van der Waals surface area (Å²) in [7, 11) is 0. The molecule has 24 heavy (non-hydrogen) atoms. The summed E-state index contributed by atoms with van der Waals surface area (Å²) in [5.74, 6) is 3.09. The first-order valence-electron chi connectivity index (χ1n) is 9.03. The number of aryl methyl sites for hydroxylation is 2. The van der Waals surface area contributed by atoms with Crippen LogP contribution in [0.1, 0.15) is 43.4 Å². The Hall–Kier alpha value is -2.02. The highest BCUT2D eigenvalue weighted by Gasteiger charge is 2.22. The lowest BCUT2D eigenvalue weighted by molar-refractivity contribution is 0.373. The highest BCUT2D eigenvalue weighted by atomic mass is 15.3. The predicted octanol–water partition coefficient (Wildman–Crippen LogP) is 1.34. The fraction of sp³-hybridized carbons (Fsp3) is 0.647. The molecule has 0 unspecified atom stereocenters. The van der Waals surface area contributed by atoms with Gasteiger partial charge in [-0.15, -0.1) is 10.2 Å². The molecular formula is C17H25N7. The van der Waals surface area contributed by atoms with Crippen molar-refractivity contribution in [1.82, 2.24) is 30.0 Å². The van der Waals surface area contributed by atoms with Crippen LogP contribution in [0.3, 0.4) is 0 Å². The van der Waals surface area contributed by atoms with Gasteiger partial charge in [-0.25, -0.2) is 9.97 Å². The summed E-state index contributed by atoms with van der Waals surface area (Å²) >= 11 is 0. The van der Waals surface area contributed by atoms with Gasteiger partial charge in [0.2, 0.25) is 5.95 Å². The van der Waals surface area contributed by atoms with Gasteiger partial charge in [-0.3, -0.25) is 0 Å². The topological polar surface area (TPSA) is 71.8 Å². The molecular weight excluding hydrogens is 302 g/mol. The smallest absolute Gasteiger partial charge is 0.225 e. The van der Waals surface area contributed by atoms with Crippen molar-refractivity contribution in [1.29, 1.82) is 0 Å². The van der Waals surface area contributed by atoms with E-state index in [2.05, 4.69) is 41.9 Å². The molecule has 0 aromatic carbocycles. The molecule has 1 saturated heterocycles. The zero-order valence-corrected chi connectivity index (χ0v) is 14.3. The Morgan fingerprint density at radius 2 is 1.96 bits per heavy atom. The second kappa shape index (κ2) is 6.84. The molecule has 1 fully saturated rings. The SMILES string of the molecule is CCc1nnc2n1C[C@H](NCc1cnc(N3CCCC3)nc1)CC2. The van der Waals surface area contributed by atoms with Gasteiger partial charge in [0.25, 0.3) is 0 Å². The van der Waals surface area contributed by atoms with E-state index >= 15 is 0 Å². The summed E-state index contributed by atoms with van der Waals surface area (Å²) in [5, 5.41) is 12.2. The van der Waals surface area contributed by atoms with Crippen LogP contribution in [-0.2, 0) is 25.9 Å². The molecule has 0 aliphatic carbocycles. The molecule has 2 aliphatic rings. The molecule has 7 nitrogen and oxygen atoms in total. The summed E-state index contributed by atoms with van der Waals surface area (Å²) in [4.78, 5) is 11.3. The Balaban J connectivity index is 1.34. The van der Waals surface area contributed by atoms with E-state index in [0.717, 1.165) is 68.6 Å². The first kappa shape index (κ1) is 15.5. The van der Waals surface area contributed by atoms with E-state index in [4.69, 9.17) is 0 Å². The second-order valence-electron chi connectivity index (χ2n) is 6.70. The summed E-state index contributed by atoms with van der Waals surface area (Å²) in [6, 6.07) is 0.456. The van der Waals surface area contributed by atoms with Crippen molar-refractivity contribution in [3.8, 4) is 0 Å². The standard InChI is InChI=1S/C17H25N7/c1-2-15-21-22-16-6-5-14(12-24(15)16)18-9-13-10-19-17(20-11-13)23-7-3-4-8-23/h10-11,14,18H,2-9,12H2,1H3/t14-/m1/s1. The summed E-state index contributed by atoms with van der Waals surface area (Å²) < 4.78 is 2.27. The number of rotatable bonds is 5. The lowest BCUT2D eigenvalue weighted by atomic mass is 10.1. The first-order valence-corrected chi connectivity index (χ1v) is 9.03. The fourth-order valence-corrected chi connectivity index (χ4v) is 3.59. The van der Waals surface area contributed by atoms with Crippen molar-refractivity contribution in [2.75, 3.05) is 18.0 Å². The van der Waals surface area contributed by atoms with Crippen molar-refractivity contribution in [2.45, 2.75) is 58.2 Å². The average Bonchev–Trinajstić information content (AvgIpc) is 3.29. The van der Waals surface area contributed by atoms with Gasteiger partial charge in [-0.05, 0) is 19.3 Å². The van der Waals surface area contributed by atoms with Gasteiger partial charge >= 0.3 is 0 Å². The van der Waals surface area contributed by atoms with Crippen molar-refractivity contribution in [3.05, 3.63) is 29.6 Å². The monoisotopic (exact) mass is 327 g/mol. The van der Waals surface area contributed by atoms with Crippen molar-refractivity contribution in [3.63, 3.8) is 0 Å². The van der Waals surface area contributed by atoms with Gasteiger partial charge < -0.3 is 14.8 Å². The molecule has 7 heteroatoms. The number of anilines is 1. The van der Waals surface area contributed by atoms with E-state index < -0.39 is 0 Å². The van der Waals surface area contributed by atoms with E-state index in [1.807, 2.05) is 12.4 Å². The molecule has 0 radical (unpaired) electrons. The molecule has 0 amide bonds. The molecule has 0 spiro atoms.